The number of carboxylic acids is 1. The Morgan fingerprint density at radius 1 is 1.40 bits per heavy atom. The predicted molar refractivity (Wildman–Crippen MR) is 75.4 cm³/mol. The van der Waals surface area contributed by atoms with Gasteiger partial charge in [-0.2, -0.15) is 0 Å². The molecule has 0 aromatic rings. The molecule has 6 nitrogen and oxygen atoms in total. The molecule has 0 spiro atoms. The lowest BCUT2D eigenvalue weighted by Crippen LogP contribution is -2.50. The van der Waals surface area contributed by atoms with Crippen LogP contribution in [0.25, 0.3) is 0 Å². The largest absolute Gasteiger partial charge is 0.480 e. The van der Waals surface area contributed by atoms with Crippen molar-refractivity contribution in [1.82, 2.24) is 9.80 Å². The molecule has 0 aromatic carbocycles. The van der Waals surface area contributed by atoms with Gasteiger partial charge < -0.3 is 20.0 Å². The Bertz CT molecular complexity index is 331. The molecule has 2 amide bonds. The summed E-state index contributed by atoms with van der Waals surface area (Å²) in [5.41, 5.74) is 0. The van der Waals surface area contributed by atoms with Gasteiger partial charge in [0.05, 0.1) is 0 Å². The number of likely N-dealkylation sites (tertiary alicyclic amines) is 1. The van der Waals surface area contributed by atoms with Crippen molar-refractivity contribution >= 4 is 12.0 Å². The molecule has 1 saturated heterocycles. The van der Waals surface area contributed by atoms with E-state index in [4.69, 9.17) is 10.2 Å². The molecule has 1 heterocycles. The molecule has 116 valence electrons. The highest BCUT2D eigenvalue weighted by atomic mass is 16.4. The number of aliphatic hydroxyl groups is 1. The molecule has 1 fully saturated rings. The van der Waals surface area contributed by atoms with Crippen LogP contribution in [0.2, 0.25) is 0 Å². The van der Waals surface area contributed by atoms with Crippen LogP contribution in [-0.4, -0.2) is 64.8 Å². The van der Waals surface area contributed by atoms with Crippen LogP contribution >= 0.6 is 0 Å². The standard InChI is InChI=1S/C14H26N2O4/c1-11(2)8-16(10-13(18)19)14(20)15-6-3-4-12(9-15)5-7-17/h11-12,17H,3-10H2,1-2H3,(H,18,19). The number of hydrogen-bond acceptors (Lipinski definition) is 3. The first-order chi connectivity index (χ1) is 9.43. The van der Waals surface area contributed by atoms with E-state index < -0.39 is 5.97 Å². The first kappa shape index (κ1) is 16.8. The van der Waals surface area contributed by atoms with E-state index in [-0.39, 0.29) is 25.1 Å². The van der Waals surface area contributed by atoms with Crippen molar-refractivity contribution in [2.75, 3.05) is 32.8 Å². The van der Waals surface area contributed by atoms with E-state index in [0.29, 0.717) is 32.0 Å². The molecule has 20 heavy (non-hydrogen) atoms. The molecule has 0 saturated carbocycles. The van der Waals surface area contributed by atoms with Gasteiger partial charge in [0, 0.05) is 26.2 Å². The Balaban J connectivity index is 2.64. The summed E-state index contributed by atoms with van der Waals surface area (Å²) in [7, 11) is 0. The topological polar surface area (TPSA) is 81.1 Å². The second-order valence-electron chi connectivity index (χ2n) is 5.92. The lowest BCUT2D eigenvalue weighted by molar-refractivity contribution is -0.137. The Morgan fingerprint density at radius 3 is 2.65 bits per heavy atom. The van der Waals surface area contributed by atoms with Gasteiger partial charge in [0.2, 0.25) is 0 Å². The summed E-state index contributed by atoms with van der Waals surface area (Å²) in [5, 5.41) is 17.9. The number of aliphatic carboxylic acids is 1. The van der Waals surface area contributed by atoms with E-state index in [2.05, 4.69) is 0 Å². The quantitative estimate of drug-likeness (QED) is 0.770. The molecular formula is C14H26N2O4. The summed E-state index contributed by atoms with van der Waals surface area (Å²) in [4.78, 5) is 26.5. The van der Waals surface area contributed by atoms with Crippen molar-refractivity contribution < 1.29 is 19.8 Å². The van der Waals surface area contributed by atoms with Crippen molar-refractivity contribution in [3.05, 3.63) is 0 Å². The Hall–Kier alpha value is -1.30. The normalized spacial score (nSPS) is 19.2. The number of rotatable bonds is 6. The Morgan fingerprint density at radius 2 is 2.10 bits per heavy atom. The van der Waals surface area contributed by atoms with Crippen molar-refractivity contribution in [2.24, 2.45) is 11.8 Å². The van der Waals surface area contributed by atoms with Crippen LogP contribution in [0.1, 0.15) is 33.1 Å². The zero-order valence-electron chi connectivity index (χ0n) is 12.4. The highest BCUT2D eigenvalue weighted by Gasteiger charge is 2.28. The number of hydrogen-bond donors (Lipinski definition) is 2. The maximum atomic E-state index is 12.4. The van der Waals surface area contributed by atoms with Gasteiger partial charge in [0.15, 0.2) is 0 Å². The maximum absolute atomic E-state index is 12.4. The van der Waals surface area contributed by atoms with E-state index in [0.717, 1.165) is 12.8 Å². The van der Waals surface area contributed by atoms with Gasteiger partial charge in [-0.15, -0.1) is 0 Å². The maximum Gasteiger partial charge on any atom is 0.323 e. The molecule has 0 radical (unpaired) electrons. The molecule has 1 atom stereocenters. The summed E-state index contributed by atoms with van der Waals surface area (Å²) in [6, 6.07) is -0.191. The van der Waals surface area contributed by atoms with E-state index >= 15 is 0 Å². The third kappa shape index (κ3) is 5.36. The molecule has 1 unspecified atom stereocenters. The number of aliphatic hydroxyl groups excluding tert-OH is 1. The Labute approximate surface area is 120 Å². The smallest absolute Gasteiger partial charge is 0.323 e. The second-order valence-corrected chi connectivity index (χ2v) is 5.92. The highest BCUT2D eigenvalue weighted by Crippen LogP contribution is 2.20. The number of carboxylic acid groups (broad SMARTS) is 1. The third-order valence-electron chi connectivity index (χ3n) is 3.51. The first-order valence-corrected chi connectivity index (χ1v) is 7.30. The summed E-state index contributed by atoms with van der Waals surface area (Å²) in [6.07, 6.45) is 2.64. The van der Waals surface area contributed by atoms with Crippen LogP contribution in [0.5, 0.6) is 0 Å². The number of urea groups is 1. The highest BCUT2D eigenvalue weighted by molar-refractivity contribution is 5.80. The fraction of sp³-hybridized carbons (Fsp3) is 0.857. The zero-order chi connectivity index (χ0) is 15.1. The van der Waals surface area contributed by atoms with Gasteiger partial charge in [-0.1, -0.05) is 13.8 Å². The third-order valence-corrected chi connectivity index (χ3v) is 3.51. The minimum Gasteiger partial charge on any atom is -0.480 e. The van der Waals surface area contributed by atoms with Crippen molar-refractivity contribution in [2.45, 2.75) is 33.1 Å². The predicted octanol–water partition coefficient (Wildman–Crippen LogP) is 1.24. The lowest BCUT2D eigenvalue weighted by atomic mass is 9.95. The molecule has 0 bridgehead atoms. The summed E-state index contributed by atoms with van der Waals surface area (Å²) in [5.74, 6) is -0.428. The monoisotopic (exact) mass is 286 g/mol. The SMILES string of the molecule is CC(C)CN(CC(=O)O)C(=O)N1CCCC(CCO)C1. The van der Waals surface area contributed by atoms with Crippen LogP contribution in [0.3, 0.4) is 0 Å². The molecule has 0 aromatic heterocycles. The minimum atomic E-state index is -0.983. The molecule has 1 aliphatic heterocycles. The second kappa shape index (κ2) is 8.09. The van der Waals surface area contributed by atoms with Gasteiger partial charge in [-0.25, -0.2) is 4.79 Å². The number of carbonyl (C=O) groups excluding carboxylic acids is 1. The van der Waals surface area contributed by atoms with E-state index in [9.17, 15) is 9.59 Å². The van der Waals surface area contributed by atoms with E-state index in [1.807, 2.05) is 13.8 Å². The zero-order valence-corrected chi connectivity index (χ0v) is 12.4. The summed E-state index contributed by atoms with van der Waals surface area (Å²) < 4.78 is 0. The molecule has 0 aliphatic carbocycles. The summed E-state index contributed by atoms with van der Waals surface area (Å²) in [6.45, 7) is 5.56. The van der Waals surface area contributed by atoms with Crippen molar-refractivity contribution in [3.63, 3.8) is 0 Å². The van der Waals surface area contributed by atoms with Gasteiger partial charge >= 0.3 is 12.0 Å². The van der Waals surface area contributed by atoms with Crippen LogP contribution in [0.15, 0.2) is 0 Å². The van der Waals surface area contributed by atoms with Crippen LogP contribution < -0.4 is 0 Å². The number of piperidine rings is 1. The first-order valence-electron chi connectivity index (χ1n) is 7.30. The van der Waals surface area contributed by atoms with Crippen LogP contribution in [0, 0.1) is 11.8 Å². The number of carbonyl (C=O) groups is 2. The lowest BCUT2D eigenvalue weighted by Gasteiger charge is -2.36. The average Bonchev–Trinajstić information content (AvgIpc) is 2.37. The molecule has 2 N–H and O–H groups in total. The van der Waals surface area contributed by atoms with Gasteiger partial charge in [-0.05, 0) is 31.1 Å². The molecule has 6 heteroatoms. The summed E-state index contributed by atoms with van der Waals surface area (Å²) >= 11 is 0. The fourth-order valence-corrected chi connectivity index (χ4v) is 2.67. The van der Waals surface area contributed by atoms with Gasteiger partial charge in [0.25, 0.3) is 0 Å². The number of nitrogens with zero attached hydrogens (tertiary/aromatic N) is 2. The van der Waals surface area contributed by atoms with Gasteiger partial charge in [-0.3, -0.25) is 4.79 Å². The molecule has 1 aliphatic rings. The average molecular weight is 286 g/mol. The van der Waals surface area contributed by atoms with Crippen LogP contribution in [0.4, 0.5) is 4.79 Å². The Kier molecular flexibility index (Phi) is 6.78. The van der Waals surface area contributed by atoms with Gasteiger partial charge in [0.1, 0.15) is 6.54 Å². The molecular weight excluding hydrogens is 260 g/mol. The van der Waals surface area contributed by atoms with Crippen molar-refractivity contribution in [3.8, 4) is 0 Å². The van der Waals surface area contributed by atoms with Crippen LogP contribution in [-0.2, 0) is 4.79 Å². The fourth-order valence-electron chi connectivity index (χ4n) is 2.67. The van der Waals surface area contributed by atoms with E-state index in [1.165, 1.54) is 4.90 Å². The number of amides is 2. The van der Waals surface area contributed by atoms with Crippen molar-refractivity contribution in [1.29, 1.82) is 0 Å². The molecule has 1 rings (SSSR count). The minimum absolute atomic E-state index is 0.136. The van der Waals surface area contributed by atoms with E-state index in [1.54, 1.807) is 4.90 Å².